The largest absolute Gasteiger partial charge is 0.508 e. The van der Waals surface area contributed by atoms with Crippen molar-refractivity contribution in [2.75, 3.05) is 14.1 Å². The van der Waals surface area contributed by atoms with Crippen molar-refractivity contribution in [1.82, 2.24) is 4.90 Å². The van der Waals surface area contributed by atoms with Crippen molar-refractivity contribution >= 4 is 23.2 Å². The smallest absolute Gasteiger partial charge is 0.255 e. The Bertz CT molecular complexity index is 1590. The summed E-state index contributed by atoms with van der Waals surface area (Å²) in [6, 6.07) is 8.07. The van der Waals surface area contributed by atoms with Crippen LogP contribution in [0.3, 0.4) is 0 Å². The van der Waals surface area contributed by atoms with Crippen LogP contribution >= 0.6 is 0 Å². The molecule has 5 rings (SSSR count). The number of ketones is 2. The number of rotatable bonds is 2. The molecule has 0 radical (unpaired) electrons. The van der Waals surface area contributed by atoms with E-state index < -0.39 is 58.0 Å². The molecule has 7 N–H and O–H groups in total. The summed E-state index contributed by atoms with van der Waals surface area (Å²) >= 11 is 0. The molecule has 0 saturated heterocycles. The Morgan fingerprint density at radius 3 is 2.44 bits per heavy atom. The quantitative estimate of drug-likeness (QED) is 0.244. The Labute approximate surface area is 223 Å². The number of phenolic OH excluding ortho intramolecular Hbond substituents is 2. The molecular weight excluding hydrogens is 504 g/mol. The summed E-state index contributed by atoms with van der Waals surface area (Å²) in [6.45, 7) is 0. The maximum absolute atomic E-state index is 13.9. The van der Waals surface area contributed by atoms with Crippen molar-refractivity contribution in [2.24, 2.45) is 17.6 Å². The molecule has 2 aromatic carbocycles. The Morgan fingerprint density at radius 1 is 1.08 bits per heavy atom. The first-order valence-electron chi connectivity index (χ1n) is 12.2. The Morgan fingerprint density at radius 2 is 1.79 bits per heavy atom. The van der Waals surface area contributed by atoms with Gasteiger partial charge in [0.15, 0.2) is 11.4 Å². The number of Topliss-reactive ketones (excluding diaryl/α,β-unsaturated/α-hetero) is 2. The van der Waals surface area contributed by atoms with Crippen LogP contribution in [0.4, 0.5) is 0 Å². The van der Waals surface area contributed by atoms with E-state index in [4.69, 9.17) is 5.73 Å². The molecule has 0 aromatic heterocycles. The van der Waals surface area contributed by atoms with E-state index >= 15 is 0 Å². The lowest BCUT2D eigenvalue weighted by Gasteiger charge is -2.50. The van der Waals surface area contributed by atoms with E-state index in [1.54, 1.807) is 32.3 Å². The highest BCUT2D eigenvalue weighted by atomic mass is 16.3. The molecule has 39 heavy (non-hydrogen) atoms. The lowest BCUT2D eigenvalue weighted by Crippen LogP contribution is -2.65. The Hall–Kier alpha value is -4.59. The fourth-order valence-electron chi connectivity index (χ4n) is 6.08. The number of fused-ring (bicyclic) bond motifs is 3. The van der Waals surface area contributed by atoms with E-state index in [9.17, 15) is 39.9 Å². The molecule has 0 bridgehead atoms. The van der Waals surface area contributed by atoms with E-state index in [0.717, 1.165) is 0 Å². The Kier molecular flexibility index (Phi) is 6.01. The molecular formula is C29H26N2O8. The molecule has 1 amide bonds. The van der Waals surface area contributed by atoms with Crippen molar-refractivity contribution in [1.29, 1.82) is 0 Å². The topological polar surface area (TPSA) is 182 Å². The number of carbonyl (C=O) groups excluding carboxylic acids is 3. The minimum Gasteiger partial charge on any atom is -0.508 e. The van der Waals surface area contributed by atoms with Gasteiger partial charge in [-0.05, 0) is 68.8 Å². The number of primary amides is 1. The average molecular weight is 531 g/mol. The number of phenols is 2. The predicted octanol–water partition coefficient (Wildman–Crippen LogP) is 1.07. The Balaban J connectivity index is 1.69. The summed E-state index contributed by atoms with van der Waals surface area (Å²) in [5.74, 6) is -1.08. The van der Waals surface area contributed by atoms with Gasteiger partial charge < -0.3 is 31.3 Å². The molecule has 10 heteroatoms. The number of aromatic hydroxyl groups is 2. The third-order valence-corrected chi connectivity index (χ3v) is 7.79. The maximum Gasteiger partial charge on any atom is 0.255 e. The standard InChI is InChI=1S/C29H26N2O8/c1-31(2)23-18-12-15-11-17-14(7-6-13-4-3-5-16(32)10-13)8-9-19(33)21(17)24(34)20(15)26(36)29(18,39)27(37)22(25(23)35)28(30)38/h3-5,8-10,15,18,23,32-34,37,39H,11-12H2,1-2H3,(H2,30,38)/t15-,18-,23+,29+/m0/s1. The van der Waals surface area contributed by atoms with Crippen LogP contribution in [-0.2, 0) is 20.8 Å². The first kappa shape index (κ1) is 26.0. The van der Waals surface area contributed by atoms with Gasteiger partial charge in [-0.25, -0.2) is 0 Å². The summed E-state index contributed by atoms with van der Waals surface area (Å²) in [6.07, 6.45) is 0.119. The number of amides is 1. The molecule has 10 nitrogen and oxygen atoms in total. The number of aliphatic hydroxyl groups excluding tert-OH is 2. The van der Waals surface area contributed by atoms with Crippen LogP contribution < -0.4 is 5.73 Å². The molecule has 3 aliphatic rings. The first-order chi connectivity index (χ1) is 18.4. The number of nitrogens with zero attached hydrogens (tertiary/aromatic N) is 1. The average Bonchev–Trinajstić information content (AvgIpc) is 2.85. The first-order valence-corrected chi connectivity index (χ1v) is 12.2. The third-order valence-electron chi connectivity index (χ3n) is 7.79. The van der Waals surface area contributed by atoms with Gasteiger partial charge >= 0.3 is 0 Å². The second-order valence-corrected chi connectivity index (χ2v) is 10.2. The summed E-state index contributed by atoms with van der Waals surface area (Å²) < 4.78 is 0. The van der Waals surface area contributed by atoms with Gasteiger partial charge in [-0.15, -0.1) is 0 Å². The molecule has 2 aromatic rings. The van der Waals surface area contributed by atoms with Crippen LogP contribution in [0.5, 0.6) is 11.5 Å². The van der Waals surface area contributed by atoms with Crippen LogP contribution in [0.1, 0.15) is 28.7 Å². The SMILES string of the molecule is CN(C)[C@H]1C(=O)C(C(N)=O)=C(O)[C@]2(O)C(=O)C3=C(O)c4c(O)ccc(C#Cc5cccc(O)c5)c4C[C@H]3C[C@@H]12. The second-order valence-electron chi connectivity index (χ2n) is 10.2. The summed E-state index contributed by atoms with van der Waals surface area (Å²) in [5.41, 5.74) is 3.00. The number of hydrogen-bond donors (Lipinski definition) is 6. The van der Waals surface area contributed by atoms with Gasteiger partial charge in [-0.2, -0.15) is 0 Å². The molecule has 1 saturated carbocycles. The number of hydrogen-bond acceptors (Lipinski definition) is 9. The van der Waals surface area contributed by atoms with Crippen LogP contribution in [0.2, 0.25) is 0 Å². The molecule has 1 fully saturated rings. The lowest BCUT2D eigenvalue weighted by atomic mass is 9.57. The zero-order valence-electron chi connectivity index (χ0n) is 21.1. The van der Waals surface area contributed by atoms with E-state index in [2.05, 4.69) is 11.8 Å². The molecule has 0 unspecified atom stereocenters. The van der Waals surface area contributed by atoms with Gasteiger partial charge in [0.05, 0.1) is 11.6 Å². The number of aliphatic hydroxyl groups is 3. The van der Waals surface area contributed by atoms with Crippen molar-refractivity contribution in [3.05, 3.63) is 75.6 Å². The van der Waals surface area contributed by atoms with Gasteiger partial charge in [-0.3, -0.25) is 19.3 Å². The minimum absolute atomic E-state index is 0.0131. The number of carbonyl (C=O) groups is 3. The zero-order valence-corrected chi connectivity index (χ0v) is 21.1. The van der Waals surface area contributed by atoms with Crippen molar-refractivity contribution < 1.29 is 39.9 Å². The van der Waals surface area contributed by atoms with Crippen LogP contribution in [-0.4, -0.2) is 73.6 Å². The van der Waals surface area contributed by atoms with Gasteiger partial charge in [-0.1, -0.05) is 17.9 Å². The van der Waals surface area contributed by atoms with Gasteiger partial charge in [0, 0.05) is 22.6 Å². The third kappa shape index (κ3) is 3.78. The highest BCUT2D eigenvalue weighted by molar-refractivity contribution is 6.24. The maximum atomic E-state index is 13.9. The predicted molar refractivity (Wildman–Crippen MR) is 138 cm³/mol. The van der Waals surface area contributed by atoms with E-state index in [0.29, 0.717) is 16.7 Å². The van der Waals surface area contributed by atoms with Crippen molar-refractivity contribution in [3.8, 4) is 23.3 Å². The van der Waals surface area contributed by atoms with Crippen LogP contribution in [0.25, 0.3) is 5.76 Å². The van der Waals surface area contributed by atoms with E-state index in [1.165, 1.54) is 23.1 Å². The van der Waals surface area contributed by atoms with Gasteiger partial charge in [0.25, 0.3) is 5.91 Å². The molecule has 0 aliphatic heterocycles. The normalized spacial score (nSPS) is 26.0. The van der Waals surface area contributed by atoms with Gasteiger partial charge in [0.1, 0.15) is 28.6 Å². The van der Waals surface area contributed by atoms with Crippen molar-refractivity contribution in [3.63, 3.8) is 0 Å². The lowest BCUT2D eigenvalue weighted by molar-refractivity contribution is -0.153. The molecule has 3 aliphatic carbocycles. The number of likely N-dealkylation sites (N-methyl/N-ethyl adjacent to an activating group) is 1. The van der Waals surface area contributed by atoms with E-state index in [1.807, 2.05) is 0 Å². The summed E-state index contributed by atoms with van der Waals surface area (Å²) in [7, 11) is 3.08. The fraction of sp³-hybridized carbons (Fsp3) is 0.276. The molecule has 4 atom stereocenters. The second kappa shape index (κ2) is 9.01. The molecule has 0 spiro atoms. The number of nitrogens with two attached hydrogens (primary N) is 1. The monoisotopic (exact) mass is 530 g/mol. The fourth-order valence-corrected chi connectivity index (χ4v) is 6.08. The molecule has 200 valence electrons. The zero-order chi connectivity index (χ0) is 28.4. The highest BCUT2D eigenvalue weighted by Gasteiger charge is 2.64. The van der Waals surface area contributed by atoms with E-state index in [-0.39, 0.29) is 35.5 Å². The summed E-state index contributed by atoms with van der Waals surface area (Å²) in [4.78, 5) is 40.5. The minimum atomic E-state index is -2.69. The highest BCUT2D eigenvalue weighted by Crippen LogP contribution is 2.52. The van der Waals surface area contributed by atoms with Gasteiger partial charge in [0.2, 0.25) is 5.78 Å². The summed E-state index contributed by atoms with van der Waals surface area (Å²) in [5, 5.41) is 54.2. The van der Waals surface area contributed by atoms with Crippen LogP contribution in [0.15, 0.2) is 53.3 Å². The molecule has 0 heterocycles. The number of benzene rings is 2. The van der Waals surface area contributed by atoms with Crippen LogP contribution in [0, 0.1) is 23.7 Å². The van der Waals surface area contributed by atoms with Crippen molar-refractivity contribution in [2.45, 2.75) is 24.5 Å².